The fourth-order valence-electron chi connectivity index (χ4n) is 0.909. The molecule has 1 rings (SSSR count). The minimum atomic E-state index is -0.117. The van der Waals surface area contributed by atoms with Crippen LogP contribution in [-0.4, -0.2) is 11.7 Å². The molecule has 0 radical (unpaired) electrons. The second-order valence-corrected chi connectivity index (χ2v) is 2.53. The van der Waals surface area contributed by atoms with E-state index in [9.17, 15) is 0 Å². The van der Waals surface area contributed by atoms with Crippen LogP contribution in [0.15, 0.2) is 18.2 Å². The molecule has 0 aromatic heterocycles. The van der Waals surface area contributed by atoms with E-state index >= 15 is 0 Å². The van der Waals surface area contributed by atoms with Crippen LogP contribution in [0.4, 0.5) is 5.69 Å². The summed E-state index contributed by atoms with van der Waals surface area (Å²) < 4.78 is 0. The zero-order valence-electron chi connectivity index (χ0n) is 6.96. The lowest BCUT2D eigenvalue weighted by molar-refractivity contribution is 0.350. The highest BCUT2D eigenvalue weighted by Crippen LogP contribution is 2.10. The lowest BCUT2D eigenvalue weighted by Gasteiger charge is -1.98. The summed E-state index contributed by atoms with van der Waals surface area (Å²) in [5.74, 6) is 5.41. The molecule has 62 valence electrons. The van der Waals surface area contributed by atoms with Gasteiger partial charge in [-0.15, -0.1) is 0 Å². The van der Waals surface area contributed by atoms with Crippen molar-refractivity contribution in [2.45, 2.75) is 6.92 Å². The van der Waals surface area contributed by atoms with Gasteiger partial charge in [-0.1, -0.05) is 17.9 Å². The van der Waals surface area contributed by atoms with Gasteiger partial charge in [0.05, 0.1) is 0 Å². The maximum Gasteiger partial charge on any atom is 0.104 e. The molecule has 0 saturated carbocycles. The predicted molar refractivity (Wildman–Crippen MR) is 49.6 cm³/mol. The molecule has 2 heteroatoms. The van der Waals surface area contributed by atoms with Gasteiger partial charge in [0.2, 0.25) is 0 Å². The lowest BCUT2D eigenvalue weighted by atomic mass is 10.1. The van der Waals surface area contributed by atoms with Gasteiger partial charge < -0.3 is 10.8 Å². The maximum atomic E-state index is 8.48. The Labute approximate surface area is 72.0 Å². The van der Waals surface area contributed by atoms with Crippen molar-refractivity contribution in [1.29, 1.82) is 0 Å². The fraction of sp³-hybridized carbons (Fsp3) is 0.200. The van der Waals surface area contributed by atoms with Crippen LogP contribution >= 0.6 is 0 Å². The van der Waals surface area contributed by atoms with Gasteiger partial charge in [0.15, 0.2) is 0 Å². The van der Waals surface area contributed by atoms with Crippen molar-refractivity contribution in [2.24, 2.45) is 0 Å². The van der Waals surface area contributed by atoms with Crippen LogP contribution in [0.5, 0.6) is 0 Å². The van der Waals surface area contributed by atoms with Crippen LogP contribution in [-0.2, 0) is 0 Å². The number of hydrogen-bond acceptors (Lipinski definition) is 2. The van der Waals surface area contributed by atoms with E-state index in [4.69, 9.17) is 10.8 Å². The Morgan fingerprint density at radius 3 is 2.92 bits per heavy atom. The first kappa shape index (κ1) is 8.63. The number of benzene rings is 1. The molecule has 12 heavy (non-hydrogen) atoms. The number of aliphatic hydroxyl groups excluding tert-OH is 1. The molecular formula is C10H11NO. The molecule has 3 N–H and O–H groups in total. The molecule has 2 nitrogen and oxygen atoms in total. The molecule has 0 bridgehead atoms. The fourth-order valence-corrected chi connectivity index (χ4v) is 0.909. The smallest absolute Gasteiger partial charge is 0.104 e. The van der Waals surface area contributed by atoms with E-state index in [1.807, 2.05) is 19.1 Å². The third kappa shape index (κ3) is 2.01. The molecule has 0 saturated heterocycles. The average molecular weight is 161 g/mol. The summed E-state index contributed by atoms with van der Waals surface area (Å²) in [4.78, 5) is 0. The summed E-state index contributed by atoms with van der Waals surface area (Å²) >= 11 is 0. The molecule has 0 aliphatic rings. The minimum absolute atomic E-state index is 0.117. The Morgan fingerprint density at radius 2 is 2.25 bits per heavy atom. The Bertz CT molecular complexity index is 333. The molecular weight excluding hydrogens is 150 g/mol. The second-order valence-electron chi connectivity index (χ2n) is 2.53. The summed E-state index contributed by atoms with van der Waals surface area (Å²) in [7, 11) is 0. The largest absolute Gasteiger partial charge is 0.399 e. The van der Waals surface area contributed by atoms with Crippen molar-refractivity contribution in [1.82, 2.24) is 0 Å². The van der Waals surface area contributed by atoms with E-state index in [0.717, 1.165) is 11.1 Å². The SMILES string of the molecule is Cc1ccc(N)cc1C#CCO. The van der Waals surface area contributed by atoms with Gasteiger partial charge in [-0.25, -0.2) is 0 Å². The van der Waals surface area contributed by atoms with Gasteiger partial charge in [0, 0.05) is 11.3 Å². The van der Waals surface area contributed by atoms with Crippen LogP contribution in [0.2, 0.25) is 0 Å². The van der Waals surface area contributed by atoms with Crippen molar-refractivity contribution in [3.63, 3.8) is 0 Å². The van der Waals surface area contributed by atoms with Gasteiger partial charge in [0.1, 0.15) is 6.61 Å². The van der Waals surface area contributed by atoms with Gasteiger partial charge in [0.25, 0.3) is 0 Å². The summed E-state index contributed by atoms with van der Waals surface area (Å²) in [5.41, 5.74) is 8.22. The number of rotatable bonds is 0. The first-order chi connectivity index (χ1) is 5.74. The normalized spacial score (nSPS) is 8.83. The van der Waals surface area contributed by atoms with Crippen molar-refractivity contribution in [3.8, 4) is 11.8 Å². The zero-order valence-corrected chi connectivity index (χ0v) is 6.96. The Kier molecular flexibility index (Phi) is 2.73. The first-order valence-electron chi connectivity index (χ1n) is 3.70. The quantitative estimate of drug-likeness (QED) is 0.439. The highest BCUT2D eigenvalue weighted by atomic mass is 16.2. The molecule has 0 atom stereocenters. The molecule has 0 spiro atoms. The van der Waals surface area contributed by atoms with Crippen molar-refractivity contribution >= 4 is 5.69 Å². The van der Waals surface area contributed by atoms with Crippen LogP contribution in [0.25, 0.3) is 0 Å². The average Bonchev–Trinajstić information content (AvgIpc) is 2.07. The first-order valence-corrected chi connectivity index (χ1v) is 3.70. The van der Waals surface area contributed by atoms with Crippen LogP contribution < -0.4 is 5.73 Å². The van der Waals surface area contributed by atoms with Gasteiger partial charge in [-0.05, 0) is 24.6 Å². The number of nitrogens with two attached hydrogens (primary N) is 1. The molecule has 0 heterocycles. The second kappa shape index (κ2) is 3.80. The summed E-state index contributed by atoms with van der Waals surface area (Å²) in [6.07, 6.45) is 0. The number of hydrogen-bond donors (Lipinski definition) is 2. The van der Waals surface area contributed by atoms with E-state index in [2.05, 4.69) is 11.8 Å². The number of anilines is 1. The van der Waals surface area contributed by atoms with Crippen molar-refractivity contribution in [3.05, 3.63) is 29.3 Å². The molecule has 0 amide bonds. The highest BCUT2D eigenvalue weighted by molar-refractivity contribution is 5.51. The van der Waals surface area contributed by atoms with Crippen molar-refractivity contribution in [2.75, 3.05) is 12.3 Å². The standard InChI is InChI=1S/C10H11NO/c1-8-4-5-10(11)7-9(8)3-2-6-12/h4-5,7,12H,6,11H2,1H3. The molecule has 1 aromatic rings. The summed E-state index contributed by atoms with van der Waals surface area (Å²) in [6, 6.07) is 5.55. The molecule has 0 fully saturated rings. The summed E-state index contributed by atoms with van der Waals surface area (Å²) in [5, 5.41) is 8.48. The third-order valence-electron chi connectivity index (χ3n) is 1.56. The van der Waals surface area contributed by atoms with E-state index < -0.39 is 0 Å². The molecule has 1 aromatic carbocycles. The Hall–Kier alpha value is -1.46. The van der Waals surface area contributed by atoms with Gasteiger partial charge >= 0.3 is 0 Å². The van der Waals surface area contributed by atoms with E-state index in [-0.39, 0.29) is 6.61 Å². The monoisotopic (exact) mass is 161 g/mol. The van der Waals surface area contributed by atoms with Crippen LogP contribution in [0, 0.1) is 18.8 Å². The topological polar surface area (TPSA) is 46.2 Å². The lowest BCUT2D eigenvalue weighted by Crippen LogP contribution is -1.88. The Morgan fingerprint density at radius 1 is 1.50 bits per heavy atom. The number of aryl methyl sites for hydroxylation is 1. The zero-order chi connectivity index (χ0) is 8.97. The predicted octanol–water partition coefficient (Wildman–Crippen LogP) is 0.921. The Balaban J connectivity index is 3.05. The van der Waals surface area contributed by atoms with E-state index in [1.54, 1.807) is 6.07 Å². The maximum absolute atomic E-state index is 8.48. The highest BCUT2D eigenvalue weighted by Gasteiger charge is 1.93. The molecule has 0 aliphatic carbocycles. The molecule has 0 unspecified atom stereocenters. The van der Waals surface area contributed by atoms with Crippen molar-refractivity contribution < 1.29 is 5.11 Å². The molecule has 0 aliphatic heterocycles. The van der Waals surface area contributed by atoms with Crippen LogP contribution in [0.1, 0.15) is 11.1 Å². The third-order valence-corrected chi connectivity index (χ3v) is 1.56. The number of aliphatic hydroxyl groups is 1. The van der Waals surface area contributed by atoms with E-state index in [0.29, 0.717) is 5.69 Å². The number of nitrogen functional groups attached to an aromatic ring is 1. The van der Waals surface area contributed by atoms with Gasteiger partial charge in [-0.3, -0.25) is 0 Å². The minimum Gasteiger partial charge on any atom is -0.399 e. The van der Waals surface area contributed by atoms with E-state index in [1.165, 1.54) is 0 Å². The van der Waals surface area contributed by atoms with Gasteiger partial charge in [-0.2, -0.15) is 0 Å². The summed E-state index contributed by atoms with van der Waals surface area (Å²) in [6.45, 7) is 1.84. The van der Waals surface area contributed by atoms with Crippen LogP contribution in [0.3, 0.4) is 0 Å².